The maximum Gasteiger partial charge on any atom is 0.227 e. The number of anilines is 1. The first-order valence-electron chi connectivity index (χ1n) is 4.69. The van der Waals surface area contributed by atoms with Crippen LogP contribution >= 0.6 is 0 Å². The Balaban J connectivity index is 2.55. The minimum absolute atomic E-state index is 0.135. The Labute approximate surface area is 83.0 Å². The van der Waals surface area contributed by atoms with Crippen LogP contribution in [-0.2, 0) is 4.79 Å². The van der Waals surface area contributed by atoms with Crippen LogP contribution in [0.1, 0.15) is 24.8 Å². The van der Waals surface area contributed by atoms with Gasteiger partial charge in [-0.3, -0.25) is 4.79 Å². The summed E-state index contributed by atoms with van der Waals surface area (Å²) in [6.45, 7) is 2.00. The lowest BCUT2D eigenvalue weighted by molar-refractivity contribution is -0.119. The average molecular weight is 191 g/mol. The number of carbonyl (C=O) groups is 1. The number of amides is 1. The Morgan fingerprint density at radius 3 is 2.93 bits per heavy atom. The number of benzene rings is 1. The molecule has 1 heterocycles. The first kappa shape index (κ1) is 9.06. The number of aromatic hydroxyl groups is 1. The fourth-order valence-electron chi connectivity index (χ4n) is 1.89. The first-order chi connectivity index (χ1) is 6.59. The summed E-state index contributed by atoms with van der Waals surface area (Å²) in [5.74, 6) is 0.592. The number of phenols is 1. The number of fused-ring (bicyclic) bond motifs is 1. The molecule has 1 amide bonds. The Morgan fingerprint density at radius 2 is 2.21 bits per heavy atom. The van der Waals surface area contributed by atoms with Gasteiger partial charge in [0.15, 0.2) is 0 Å². The number of phenolic OH excluding ortho intramolecular Hbond substituents is 1. The molecule has 1 aliphatic rings. The summed E-state index contributed by atoms with van der Waals surface area (Å²) < 4.78 is 0. The highest BCUT2D eigenvalue weighted by atomic mass is 16.3. The van der Waals surface area contributed by atoms with E-state index >= 15 is 0 Å². The molecular weight excluding hydrogens is 178 g/mol. The Bertz CT molecular complexity index is 387. The average Bonchev–Trinajstić information content (AvgIpc) is 2.14. The molecule has 1 aromatic carbocycles. The standard InChI is InChI=1S/C11H13NO2/c1-7-5-11(14)12(2)10-4-3-8(13)6-9(7)10/h3-4,6-7,13H,5H2,1-2H3. The topological polar surface area (TPSA) is 40.5 Å². The van der Waals surface area contributed by atoms with E-state index in [1.807, 2.05) is 6.92 Å². The van der Waals surface area contributed by atoms with Gasteiger partial charge in [-0.2, -0.15) is 0 Å². The van der Waals surface area contributed by atoms with Crippen LogP contribution in [0.25, 0.3) is 0 Å². The minimum Gasteiger partial charge on any atom is -0.508 e. The zero-order valence-corrected chi connectivity index (χ0v) is 8.32. The van der Waals surface area contributed by atoms with E-state index in [1.165, 1.54) is 0 Å². The molecule has 1 N–H and O–H groups in total. The lowest BCUT2D eigenvalue weighted by Gasteiger charge is -2.29. The van der Waals surface area contributed by atoms with E-state index in [9.17, 15) is 9.90 Å². The van der Waals surface area contributed by atoms with Crippen molar-refractivity contribution in [3.63, 3.8) is 0 Å². The molecule has 0 saturated carbocycles. The quantitative estimate of drug-likeness (QED) is 0.680. The van der Waals surface area contributed by atoms with Crippen LogP contribution in [0.15, 0.2) is 18.2 Å². The molecule has 0 fully saturated rings. The first-order valence-corrected chi connectivity index (χ1v) is 4.69. The van der Waals surface area contributed by atoms with E-state index in [0.717, 1.165) is 11.3 Å². The predicted octanol–water partition coefficient (Wildman–Crippen LogP) is 1.86. The minimum atomic E-state index is 0.135. The fraction of sp³-hybridized carbons (Fsp3) is 0.364. The summed E-state index contributed by atoms with van der Waals surface area (Å²) in [5, 5.41) is 9.35. The molecule has 3 nitrogen and oxygen atoms in total. The van der Waals surface area contributed by atoms with E-state index in [0.29, 0.717) is 6.42 Å². The molecule has 1 aromatic rings. The number of nitrogens with zero attached hydrogens (tertiary/aromatic N) is 1. The lowest BCUT2D eigenvalue weighted by atomic mass is 9.91. The predicted molar refractivity (Wildman–Crippen MR) is 54.5 cm³/mol. The van der Waals surface area contributed by atoms with Crippen molar-refractivity contribution in [2.45, 2.75) is 19.3 Å². The third-order valence-corrected chi connectivity index (χ3v) is 2.76. The van der Waals surface area contributed by atoms with E-state index in [1.54, 1.807) is 30.1 Å². The summed E-state index contributed by atoms with van der Waals surface area (Å²) in [4.78, 5) is 13.2. The van der Waals surface area contributed by atoms with Crippen LogP contribution in [0.2, 0.25) is 0 Å². The highest BCUT2D eigenvalue weighted by Crippen LogP contribution is 2.36. The Kier molecular flexibility index (Phi) is 1.95. The van der Waals surface area contributed by atoms with Crippen molar-refractivity contribution in [2.24, 2.45) is 0 Å². The van der Waals surface area contributed by atoms with Gasteiger partial charge in [0.05, 0.1) is 0 Å². The van der Waals surface area contributed by atoms with Gasteiger partial charge >= 0.3 is 0 Å². The lowest BCUT2D eigenvalue weighted by Crippen LogP contribution is -2.32. The SMILES string of the molecule is CC1CC(=O)N(C)c2ccc(O)cc21. The van der Waals surface area contributed by atoms with Crippen molar-refractivity contribution in [3.05, 3.63) is 23.8 Å². The second-order valence-electron chi connectivity index (χ2n) is 3.80. The molecule has 14 heavy (non-hydrogen) atoms. The molecule has 0 aliphatic carbocycles. The summed E-state index contributed by atoms with van der Waals surface area (Å²) in [7, 11) is 1.77. The van der Waals surface area contributed by atoms with E-state index in [-0.39, 0.29) is 17.6 Å². The molecule has 0 radical (unpaired) electrons. The van der Waals surface area contributed by atoms with Gasteiger partial charge in [0.2, 0.25) is 5.91 Å². The van der Waals surface area contributed by atoms with Crippen molar-refractivity contribution in [1.82, 2.24) is 0 Å². The van der Waals surface area contributed by atoms with Crippen LogP contribution in [0.3, 0.4) is 0 Å². The maximum atomic E-state index is 11.5. The van der Waals surface area contributed by atoms with Crippen molar-refractivity contribution in [3.8, 4) is 5.75 Å². The maximum absolute atomic E-state index is 11.5. The van der Waals surface area contributed by atoms with Crippen LogP contribution in [-0.4, -0.2) is 18.1 Å². The Morgan fingerprint density at radius 1 is 1.50 bits per heavy atom. The molecule has 3 heteroatoms. The van der Waals surface area contributed by atoms with Gasteiger partial charge in [-0.05, 0) is 29.7 Å². The van der Waals surface area contributed by atoms with Gasteiger partial charge in [-0.15, -0.1) is 0 Å². The monoisotopic (exact) mass is 191 g/mol. The second kappa shape index (κ2) is 3.01. The van der Waals surface area contributed by atoms with Gasteiger partial charge in [0.1, 0.15) is 5.75 Å². The van der Waals surface area contributed by atoms with E-state index < -0.39 is 0 Å². The van der Waals surface area contributed by atoms with Crippen molar-refractivity contribution in [2.75, 3.05) is 11.9 Å². The number of rotatable bonds is 0. The molecule has 1 unspecified atom stereocenters. The second-order valence-corrected chi connectivity index (χ2v) is 3.80. The van der Waals surface area contributed by atoms with Crippen LogP contribution in [0.4, 0.5) is 5.69 Å². The summed E-state index contributed by atoms with van der Waals surface area (Å²) >= 11 is 0. The highest BCUT2D eigenvalue weighted by Gasteiger charge is 2.26. The van der Waals surface area contributed by atoms with Gasteiger partial charge in [0.25, 0.3) is 0 Å². The fourth-order valence-corrected chi connectivity index (χ4v) is 1.89. The molecule has 0 saturated heterocycles. The van der Waals surface area contributed by atoms with Crippen LogP contribution in [0.5, 0.6) is 5.75 Å². The molecule has 0 spiro atoms. The molecule has 2 rings (SSSR count). The number of hydrogen-bond acceptors (Lipinski definition) is 2. The molecule has 1 atom stereocenters. The van der Waals surface area contributed by atoms with Gasteiger partial charge in [0, 0.05) is 19.2 Å². The third kappa shape index (κ3) is 1.25. The Hall–Kier alpha value is -1.51. The normalized spacial score (nSPS) is 20.9. The molecule has 0 bridgehead atoms. The molecule has 74 valence electrons. The highest BCUT2D eigenvalue weighted by molar-refractivity contribution is 5.96. The van der Waals surface area contributed by atoms with Gasteiger partial charge in [-0.25, -0.2) is 0 Å². The zero-order chi connectivity index (χ0) is 10.3. The van der Waals surface area contributed by atoms with Gasteiger partial charge in [-0.1, -0.05) is 6.92 Å². The van der Waals surface area contributed by atoms with Crippen molar-refractivity contribution in [1.29, 1.82) is 0 Å². The summed E-state index contributed by atoms with van der Waals surface area (Å²) in [6, 6.07) is 5.14. The summed E-state index contributed by atoms with van der Waals surface area (Å²) in [5.41, 5.74) is 1.96. The van der Waals surface area contributed by atoms with Gasteiger partial charge < -0.3 is 10.0 Å². The zero-order valence-electron chi connectivity index (χ0n) is 8.32. The van der Waals surface area contributed by atoms with E-state index in [4.69, 9.17) is 0 Å². The smallest absolute Gasteiger partial charge is 0.227 e. The summed E-state index contributed by atoms with van der Waals surface area (Å²) in [6.07, 6.45) is 0.521. The van der Waals surface area contributed by atoms with Crippen molar-refractivity contribution >= 4 is 11.6 Å². The largest absolute Gasteiger partial charge is 0.508 e. The van der Waals surface area contributed by atoms with Crippen LogP contribution in [0, 0.1) is 0 Å². The molecular formula is C11H13NO2. The number of hydrogen-bond donors (Lipinski definition) is 1. The molecule has 0 aromatic heterocycles. The third-order valence-electron chi connectivity index (χ3n) is 2.76. The van der Waals surface area contributed by atoms with Crippen LogP contribution < -0.4 is 4.90 Å². The molecule has 1 aliphatic heterocycles. The van der Waals surface area contributed by atoms with Crippen molar-refractivity contribution < 1.29 is 9.90 Å². The van der Waals surface area contributed by atoms with E-state index in [2.05, 4.69) is 0 Å². The number of carbonyl (C=O) groups excluding carboxylic acids is 1.